The normalized spacial score (nSPS) is 10.3. The van der Waals surface area contributed by atoms with Gasteiger partial charge < -0.3 is 4.42 Å². The van der Waals surface area contributed by atoms with Crippen LogP contribution in [-0.4, -0.2) is 16.9 Å². The summed E-state index contributed by atoms with van der Waals surface area (Å²) in [5, 5.41) is 4.46. The highest BCUT2D eigenvalue weighted by Gasteiger charge is 2.13. The van der Waals surface area contributed by atoms with E-state index in [0.717, 1.165) is 16.3 Å². The van der Waals surface area contributed by atoms with Gasteiger partial charge in [-0.15, -0.1) is 0 Å². The van der Waals surface area contributed by atoms with Crippen LogP contribution in [0.15, 0.2) is 63.7 Å². The number of thiocarbonyl (C=S) groups is 1. The third-order valence-electron chi connectivity index (χ3n) is 3.57. The maximum Gasteiger partial charge on any atom is 0.293 e. The van der Waals surface area contributed by atoms with Crippen molar-refractivity contribution in [3.63, 3.8) is 0 Å². The number of amides is 2. The number of nitrogens with one attached hydrogen (secondary N) is 3. The Balaban J connectivity index is 1.53. The molecule has 2 aromatic carbocycles. The molecule has 0 fully saturated rings. The van der Waals surface area contributed by atoms with Gasteiger partial charge in [0.25, 0.3) is 5.91 Å². The van der Waals surface area contributed by atoms with Crippen LogP contribution in [0.4, 0.5) is 0 Å². The van der Waals surface area contributed by atoms with Gasteiger partial charge in [-0.1, -0.05) is 42.5 Å². The number of fused-ring (bicyclic) bond motifs is 1. The molecule has 8 heteroatoms. The van der Waals surface area contributed by atoms with Gasteiger partial charge in [0.05, 0.1) is 6.42 Å². The number of carbonyl (C=O) groups is 2. The van der Waals surface area contributed by atoms with Crippen molar-refractivity contribution in [3.05, 3.63) is 70.6 Å². The average Bonchev–Trinajstić information content (AvgIpc) is 3.07. The third kappa shape index (κ3) is 4.47. The van der Waals surface area contributed by atoms with E-state index < -0.39 is 5.91 Å². The van der Waals surface area contributed by atoms with Gasteiger partial charge in [0.15, 0.2) is 15.5 Å². The smallest absolute Gasteiger partial charge is 0.293 e. The molecule has 132 valence electrons. The van der Waals surface area contributed by atoms with Gasteiger partial charge in [0, 0.05) is 0 Å². The Morgan fingerprint density at radius 1 is 1.00 bits per heavy atom. The van der Waals surface area contributed by atoms with E-state index in [1.54, 1.807) is 6.07 Å². The van der Waals surface area contributed by atoms with Crippen molar-refractivity contribution in [1.82, 2.24) is 16.2 Å². The Labute approximate surface area is 163 Å². The van der Waals surface area contributed by atoms with Crippen molar-refractivity contribution in [1.29, 1.82) is 0 Å². The minimum Gasteiger partial charge on any atom is -0.444 e. The van der Waals surface area contributed by atoms with Gasteiger partial charge in [-0.05, 0) is 56.6 Å². The number of hydrogen-bond donors (Lipinski definition) is 3. The molecule has 0 radical (unpaired) electrons. The summed E-state index contributed by atoms with van der Waals surface area (Å²) < 4.78 is 5.56. The molecule has 0 spiro atoms. The highest BCUT2D eigenvalue weighted by Crippen LogP contribution is 2.18. The predicted octanol–water partition coefficient (Wildman–Crippen LogP) is 3.07. The van der Waals surface area contributed by atoms with Crippen molar-refractivity contribution >= 4 is 55.8 Å². The molecular weight excluding hydrogens is 418 g/mol. The molecule has 1 aromatic heterocycles. The second-order valence-electron chi connectivity index (χ2n) is 5.38. The molecule has 0 aliphatic carbocycles. The molecular formula is C18H14BrN3O3S. The molecule has 0 aliphatic heterocycles. The van der Waals surface area contributed by atoms with Crippen LogP contribution < -0.4 is 16.2 Å². The van der Waals surface area contributed by atoms with Gasteiger partial charge in [-0.2, -0.15) is 0 Å². The van der Waals surface area contributed by atoms with Crippen LogP contribution in [0, 0.1) is 0 Å². The highest BCUT2D eigenvalue weighted by molar-refractivity contribution is 9.10. The first-order chi connectivity index (χ1) is 12.5. The van der Waals surface area contributed by atoms with Crippen molar-refractivity contribution in [2.75, 3.05) is 0 Å². The van der Waals surface area contributed by atoms with E-state index in [9.17, 15) is 9.59 Å². The fourth-order valence-electron chi connectivity index (χ4n) is 2.42. The molecule has 0 bridgehead atoms. The first-order valence-electron chi connectivity index (χ1n) is 7.65. The second kappa shape index (κ2) is 8.11. The number of rotatable bonds is 3. The van der Waals surface area contributed by atoms with Gasteiger partial charge in [0.2, 0.25) is 5.91 Å². The lowest BCUT2D eigenvalue weighted by atomic mass is 10.0. The molecule has 0 atom stereocenters. The Kier molecular flexibility index (Phi) is 5.65. The molecule has 0 saturated heterocycles. The van der Waals surface area contributed by atoms with Crippen molar-refractivity contribution in [2.45, 2.75) is 6.42 Å². The van der Waals surface area contributed by atoms with E-state index in [1.165, 1.54) is 6.07 Å². The molecule has 3 aromatic rings. The summed E-state index contributed by atoms with van der Waals surface area (Å²) in [5.74, 6) is -0.696. The topological polar surface area (TPSA) is 83.4 Å². The van der Waals surface area contributed by atoms with Crippen LogP contribution in [0.5, 0.6) is 0 Å². The van der Waals surface area contributed by atoms with Crippen LogP contribution in [-0.2, 0) is 11.2 Å². The van der Waals surface area contributed by atoms with E-state index in [0.29, 0.717) is 4.67 Å². The maximum atomic E-state index is 12.1. The molecule has 3 rings (SSSR count). The van der Waals surface area contributed by atoms with Crippen LogP contribution in [0.25, 0.3) is 10.8 Å². The quantitative estimate of drug-likeness (QED) is 0.438. The van der Waals surface area contributed by atoms with E-state index >= 15 is 0 Å². The SMILES string of the molecule is O=C(Cc1cccc2ccccc12)NNC(=S)NC(=O)c1ccc(Br)o1. The van der Waals surface area contributed by atoms with Crippen LogP contribution in [0.2, 0.25) is 0 Å². The molecule has 0 saturated carbocycles. The van der Waals surface area contributed by atoms with Gasteiger partial charge in [-0.25, -0.2) is 0 Å². The van der Waals surface area contributed by atoms with Crippen LogP contribution in [0.1, 0.15) is 16.1 Å². The summed E-state index contributed by atoms with van der Waals surface area (Å²) in [6.45, 7) is 0. The second-order valence-corrected chi connectivity index (χ2v) is 6.57. The standard InChI is InChI=1S/C18H14BrN3O3S/c19-15-9-8-14(25-15)17(24)20-18(26)22-21-16(23)10-12-6-3-5-11-4-1-2-7-13(11)12/h1-9H,10H2,(H,21,23)(H2,20,22,24,26). The van der Waals surface area contributed by atoms with E-state index in [2.05, 4.69) is 32.1 Å². The molecule has 0 aliphatic rings. The molecule has 0 unspecified atom stereocenters. The summed E-state index contributed by atoms with van der Waals surface area (Å²) in [5.41, 5.74) is 5.88. The monoisotopic (exact) mass is 431 g/mol. The molecule has 1 heterocycles. The lowest BCUT2D eigenvalue weighted by Gasteiger charge is -2.11. The van der Waals surface area contributed by atoms with Crippen LogP contribution in [0.3, 0.4) is 0 Å². The fourth-order valence-corrected chi connectivity index (χ4v) is 2.87. The molecule has 6 nitrogen and oxygen atoms in total. The van der Waals surface area contributed by atoms with Gasteiger partial charge >= 0.3 is 0 Å². The van der Waals surface area contributed by atoms with Crippen molar-refractivity contribution < 1.29 is 14.0 Å². The molecule has 2 amide bonds. The maximum absolute atomic E-state index is 12.1. The Bertz CT molecular complexity index is 981. The Morgan fingerprint density at radius 2 is 1.77 bits per heavy atom. The van der Waals surface area contributed by atoms with Crippen LogP contribution >= 0.6 is 28.1 Å². The summed E-state index contributed by atoms with van der Waals surface area (Å²) in [6.07, 6.45) is 0.177. The zero-order chi connectivity index (χ0) is 18.5. The summed E-state index contributed by atoms with van der Waals surface area (Å²) >= 11 is 8.10. The number of hydrazine groups is 1. The molecule has 3 N–H and O–H groups in total. The summed E-state index contributed by atoms with van der Waals surface area (Å²) in [6, 6.07) is 16.7. The summed E-state index contributed by atoms with van der Waals surface area (Å²) in [7, 11) is 0. The lowest BCUT2D eigenvalue weighted by molar-refractivity contribution is -0.121. The number of carbonyl (C=O) groups excluding carboxylic acids is 2. The van der Waals surface area contributed by atoms with Crippen molar-refractivity contribution in [3.8, 4) is 0 Å². The lowest BCUT2D eigenvalue weighted by Crippen LogP contribution is -2.48. The minimum atomic E-state index is -0.517. The number of furan rings is 1. The number of halogens is 1. The minimum absolute atomic E-state index is 0.0335. The van der Waals surface area contributed by atoms with Crippen molar-refractivity contribution in [2.24, 2.45) is 0 Å². The highest BCUT2D eigenvalue weighted by atomic mass is 79.9. The first-order valence-corrected chi connectivity index (χ1v) is 8.85. The largest absolute Gasteiger partial charge is 0.444 e. The number of benzene rings is 2. The Hall–Kier alpha value is -2.71. The van der Waals surface area contributed by atoms with E-state index in [4.69, 9.17) is 16.6 Å². The Morgan fingerprint density at radius 3 is 2.54 bits per heavy atom. The average molecular weight is 432 g/mol. The zero-order valence-corrected chi connectivity index (χ0v) is 15.8. The van der Waals surface area contributed by atoms with E-state index in [1.807, 2.05) is 42.5 Å². The first kappa shape index (κ1) is 18.1. The number of hydrogen-bond acceptors (Lipinski definition) is 4. The summed E-state index contributed by atoms with van der Waals surface area (Å²) in [4.78, 5) is 24.0. The zero-order valence-electron chi connectivity index (χ0n) is 13.4. The fraction of sp³-hybridized carbons (Fsp3) is 0.0556. The van der Waals surface area contributed by atoms with E-state index in [-0.39, 0.29) is 23.2 Å². The molecule has 26 heavy (non-hydrogen) atoms. The third-order valence-corrected chi connectivity index (χ3v) is 4.20. The van der Waals surface area contributed by atoms with Gasteiger partial charge in [0.1, 0.15) is 0 Å². The predicted molar refractivity (Wildman–Crippen MR) is 105 cm³/mol. The van der Waals surface area contributed by atoms with Gasteiger partial charge in [-0.3, -0.25) is 25.8 Å².